The van der Waals surface area contributed by atoms with Gasteiger partial charge in [-0.15, -0.1) is 5.10 Å². The highest BCUT2D eigenvalue weighted by Crippen LogP contribution is 2.34. The molecule has 0 bridgehead atoms. The van der Waals surface area contributed by atoms with Gasteiger partial charge in [-0.3, -0.25) is 0 Å². The molecule has 0 atom stereocenters. The maximum absolute atomic E-state index is 4.21. The second-order valence-electron chi connectivity index (χ2n) is 3.50. The summed E-state index contributed by atoms with van der Waals surface area (Å²) in [5.74, 6) is 1.56. The minimum absolute atomic E-state index is 0.683. The summed E-state index contributed by atoms with van der Waals surface area (Å²) >= 11 is 0. The molecule has 1 aliphatic rings. The van der Waals surface area contributed by atoms with Gasteiger partial charge < -0.3 is 5.32 Å². The van der Waals surface area contributed by atoms with Crippen molar-refractivity contribution >= 4 is 5.82 Å². The average molecular weight is 177 g/mol. The van der Waals surface area contributed by atoms with E-state index >= 15 is 0 Å². The topological polar surface area (TPSA) is 37.8 Å². The third-order valence-electron chi connectivity index (χ3n) is 2.57. The van der Waals surface area contributed by atoms with Gasteiger partial charge in [0.15, 0.2) is 0 Å². The molecule has 0 amide bonds. The highest BCUT2D eigenvalue weighted by molar-refractivity contribution is 5.33. The van der Waals surface area contributed by atoms with Gasteiger partial charge in [-0.1, -0.05) is 6.42 Å². The molecule has 0 aromatic carbocycles. The van der Waals surface area contributed by atoms with Crippen LogP contribution in [0, 0.1) is 0 Å². The normalized spacial score (nSPS) is 16.7. The van der Waals surface area contributed by atoms with E-state index in [-0.39, 0.29) is 0 Å². The predicted molar refractivity (Wildman–Crippen MR) is 52.8 cm³/mol. The van der Waals surface area contributed by atoms with E-state index in [2.05, 4.69) is 28.5 Å². The van der Waals surface area contributed by atoms with Crippen LogP contribution in [-0.4, -0.2) is 16.7 Å². The van der Waals surface area contributed by atoms with Gasteiger partial charge in [0.2, 0.25) is 0 Å². The zero-order valence-electron chi connectivity index (χ0n) is 7.95. The standard InChI is InChI=1S/C10H15N3/c1-2-11-10-7-6-9(12-13-10)8-4-3-5-8/h6-8H,2-5H2,1H3,(H,11,13). The maximum Gasteiger partial charge on any atom is 0.148 e. The molecule has 3 nitrogen and oxygen atoms in total. The van der Waals surface area contributed by atoms with Crippen molar-refractivity contribution in [1.82, 2.24) is 10.2 Å². The molecule has 3 heteroatoms. The van der Waals surface area contributed by atoms with E-state index in [1.807, 2.05) is 6.07 Å². The summed E-state index contributed by atoms with van der Waals surface area (Å²) in [6.07, 6.45) is 3.92. The Morgan fingerprint density at radius 3 is 2.69 bits per heavy atom. The van der Waals surface area contributed by atoms with Crippen molar-refractivity contribution in [1.29, 1.82) is 0 Å². The summed E-state index contributed by atoms with van der Waals surface area (Å²) in [4.78, 5) is 0. The molecule has 1 aliphatic carbocycles. The number of rotatable bonds is 3. The van der Waals surface area contributed by atoms with Crippen LogP contribution in [0.25, 0.3) is 0 Å². The SMILES string of the molecule is CCNc1ccc(C2CCC2)nn1. The van der Waals surface area contributed by atoms with Gasteiger partial charge in [-0.25, -0.2) is 0 Å². The van der Waals surface area contributed by atoms with E-state index < -0.39 is 0 Å². The molecule has 0 unspecified atom stereocenters. The second-order valence-corrected chi connectivity index (χ2v) is 3.50. The first kappa shape index (κ1) is 8.48. The largest absolute Gasteiger partial charge is 0.369 e. The molecule has 1 aromatic rings. The Hall–Kier alpha value is -1.12. The van der Waals surface area contributed by atoms with Crippen molar-refractivity contribution in [2.24, 2.45) is 0 Å². The lowest BCUT2D eigenvalue weighted by molar-refractivity contribution is 0.408. The average Bonchev–Trinajstić information content (AvgIpc) is 2.06. The number of nitrogens with zero attached hydrogens (tertiary/aromatic N) is 2. The molecule has 1 heterocycles. The molecular formula is C10H15N3. The van der Waals surface area contributed by atoms with Gasteiger partial charge in [0.1, 0.15) is 5.82 Å². The molecule has 0 spiro atoms. The molecule has 0 aliphatic heterocycles. The van der Waals surface area contributed by atoms with Crippen molar-refractivity contribution in [2.75, 3.05) is 11.9 Å². The Morgan fingerprint density at radius 2 is 2.23 bits per heavy atom. The van der Waals surface area contributed by atoms with Gasteiger partial charge in [0.05, 0.1) is 5.69 Å². The van der Waals surface area contributed by atoms with Gasteiger partial charge in [-0.05, 0) is 31.9 Å². The van der Waals surface area contributed by atoms with Crippen molar-refractivity contribution in [2.45, 2.75) is 32.1 Å². The zero-order chi connectivity index (χ0) is 9.10. The fourth-order valence-corrected chi connectivity index (χ4v) is 1.54. The van der Waals surface area contributed by atoms with Crippen molar-refractivity contribution < 1.29 is 0 Å². The molecule has 1 saturated carbocycles. The number of anilines is 1. The number of aromatic nitrogens is 2. The minimum atomic E-state index is 0.683. The van der Waals surface area contributed by atoms with Crippen molar-refractivity contribution in [3.63, 3.8) is 0 Å². The van der Waals surface area contributed by atoms with Crippen LogP contribution in [0.15, 0.2) is 12.1 Å². The van der Waals surface area contributed by atoms with E-state index in [0.29, 0.717) is 5.92 Å². The zero-order valence-corrected chi connectivity index (χ0v) is 7.95. The van der Waals surface area contributed by atoms with Crippen LogP contribution in [0.5, 0.6) is 0 Å². The smallest absolute Gasteiger partial charge is 0.148 e. The Labute approximate surface area is 78.6 Å². The molecule has 1 fully saturated rings. The van der Waals surface area contributed by atoms with Crippen LogP contribution in [0.3, 0.4) is 0 Å². The highest BCUT2D eigenvalue weighted by atomic mass is 15.2. The summed E-state index contributed by atoms with van der Waals surface area (Å²) in [6.45, 7) is 2.96. The van der Waals surface area contributed by atoms with Crippen LogP contribution in [0.4, 0.5) is 5.82 Å². The van der Waals surface area contributed by atoms with Crippen LogP contribution in [0.1, 0.15) is 37.8 Å². The van der Waals surface area contributed by atoms with Crippen molar-refractivity contribution in [3.8, 4) is 0 Å². The first-order valence-electron chi connectivity index (χ1n) is 4.97. The molecular weight excluding hydrogens is 162 g/mol. The molecule has 1 N–H and O–H groups in total. The minimum Gasteiger partial charge on any atom is -0.369 e. The van der Waals surface area contributed by atoms with Gasteiger partial charge in [0.25, 0.3) is 0 Å². The lowest BCUT2D eigenvalue weighted by atomic mass is 9.83. The highest BCUT2D eigenvalue weighted by Gasteiger charge is 2.20. The van der Waals surface area contributed by atoms with E-state index in [9.17, 15) is 0 Å². The molecule has 1 aromatic heterocycles. The first-order chi connectivity index (χ1) is 6.40. The van der Waals surface area contributed by atoms with Crippen LogP contribution in [-0.2, 0) is 0 Å². The molecule has 70 valence electrons. The maximum atomic E-state index is 4.21. The molecule has 0 radical (unpaired) electrons. The molecule has 0 saturated heterocycles. The van der Waals surface area contributed by atoms with E-state index in [4.69, 9.17) is 0 Å². The second kappa shape index (κ2) is 3.73. The van der Waals surface area contributed by atoms with Crippen LogP contribution >= 0.6 is 0 Å². The van der Waals surface area contributed by atoms with Crippen LogP contribution in [0.2, 0.25) is 0 Å². The summed E-state index contributed by atoms with van der Waals surface area (Å²) in [7, 11) is 0. The summed E-state index contributed by atoms with van der Waals surface area (Å²) in [6, 6.07) is 4.11. The first-order valence-corrected chi connectivity index (χ1v) is 4.97. The Bertz CT molecular complexity index is 264. The predicted octanol–water partition coefficient (Wildman–Crippen LogP) is 2.18. The fraction of sp³-hybridized carbons (Fsp3) is 0.600. The van der Waals surface area contributed by atoms with Crippen molar-refractivity contribution in [3.05, 3.63) is 17.8 Å². The lowest BCUT2D eigenvalue weighted by Crippen LogP contribution is -2.11. The summed E-state index contributed by atoms with van der Waals surface area (Å²) in [5.41, 5.74) is 1.16. The fourth-order valence-electron chi connectivity index (χ4n) is 1.54. The number of hydrogen-bond donors (Lipinski definition) is 1. The van der Waals surface area contributed by atoms with Gasteiger partial charge >= 0.3 is 0 Å². The van der Waals surface area contributed by atoms with Crippen LogP contribution < -0.4 is 5.32 Å². The lowest BCUT2D eigenvalue weighted by Gasteiger charge is -2.23. The quantitative estimate of drug-likeness (QED) is 0.769. The number of nitrogens with one attached hydrogen (secondary N) is 1. The monoisotopic (exact) mass is 177 g/mol. The van der Waals surface area contributed by atoms with Gasteiger partial charge in [0, 0.05) is 12.5 Å². The summed E-state index contributed by atoms with van der Waals surface area (Å²) in [5, 5.41) is 11.5. The third kappa shape index (κ3) is 1.79. The van der Waals surface area contributed by atoms with E-state index in [0.717, 1.165) is 18.1 Å². The Kier molecular flexibility index (Phi) is 2.43. The van der Waals surface area contributed by atoms with E-state index in [1.165, 1.54) is 19.3 Å². The van der Waals surface area contributed by atoms with E-state index in [1.54, 1.807) is 0 Å². The number of hydrogen-bond acceptors (Lipinski definition) is 3. The Balaban J connectivity index is 2.04. The Morgan fingerprint density at radius 1 is 1.38 bits per heavy atom. The third-order valence-corrected chi connectivity index (χ3v) is 2.57. The molecule has 2 rings (SSSR count). The van der Waals surface area contributed by atoms with Gasteiger partial charge in [-0.2, -0.15) is 5.10 Å². The molecule has 13 heavy (non-hydrogen) atoms. The summed E-state index contributed by atoms with van der Waals surface area (Å²) < 4.78 is 0.